The maximum atomic E-state index is 3.20. The van der Waals surface area contributed by atoms with E-state index in [4.69, 9.17) is 0 Å². The minimum atomic E-state index is -1.01. The van der Waals surface area contributed by atoms with Crippen molar-refractivity contribution in [2.24, 2.45) is 0 Å². The van der Waals surface area contributed by atoms with Crippen molar-refractivity contribution in [3.05, 3.63) is 0 Å². The molecule has 3 heteroatoms. The summed E-state index contributed by atoms with van der Waals surface area (Å²) in [6.07, 6.45) is 31.4. The van der Waals surface area contributed by atoms with E-state index in [0.29, 0.717) is 0 Å². The van der Waals surface area contributed by atoms with E-state index in [0.717, 1.165) is 0 Å². The van der Waals surface area contributed by atoms with Crippen LogP contribution in [0.1, 0.15) is 136 Å². The van der Waals surface area contributed by atoms with Gasteiger partial charge in [0.25, 0.3) is 0 Å². The average Bonchev–Trinajstić information content (AvgIpc) is 2.69. The number of hydrogen-bond acceptors (Lipinski definition) is 0. The Labute approximate surface area is 200 Å². The standard InChI is InChI=1S/C25H56P2.HI/c1-4-7-10-13-16-19-22-27(25-26,23-20-17-14-11-8-5-2)24-21-18-15-12-9-6-3;/h27H,4-26H2,1-3H3;1H. The summed E-state index contributed by atoms with van der Waals surface area (Å²) in [4.78, 5) is 0. The van der Waals surface area contributed by atoms with Crippen molar-refractivity contribution >= 4 is 40.5 Å². The molecule has 0 radical (unpaired) electrons. The van der Waals surface area contributed by atoms with E-state index in [1.165, 1.54) is 121 Å². The fraction of sp³-hybridized carbons (Fsp3) is 1.00. The molecule has 0 saturated heterocycles. The fourth-order valence-corrected chi connectivity index (χ4v) is 10.7. The zero-order chi connectivity index (χ0) is 20.1. The molecule has 0 aromatic heterocycles. The average molecular weight is 547 g/mol. The summed E-state index contributed by atoms with van der Waals surface area (Å²) in [6, 6.07) is 0. The Morgan fingerprint density at radius 3 is 0.929 bits per heavy atom. The van der Waals surface area contributed by atoms with Crippen LogP contribution in [0.25, 0.3) is 0 Å². The molecule has 0 aliphatic rings. The van der Waals surface area contributed by atoms with Crippen LogP contribution < -0.4 is 0 Å². The Hall–Kier alpha value is 1.59. The second kappa shape index (κ2) is 24.9. The van der Waals surface area contributed by atoms with Crippen LogP contribution in [0.15, 0.2) is 0 Å². The number of halogens is 1. The largest absolute Gasteiger partial charge is 0.107 e. The third-order valence-corrected chi connectivity index (χ3v) is 14.3. The van der Waals surface area contributed by atoms with Crippen molar-refractivity contribution < 1.29 is 0 Å². The topological polar surface area (TPSA) is 0 Å². The van der Waals surface area contributed by atoms with E-state index in [9.17, 15) is 0 Å². The molecule has 0 rings (SSSR count). The van der Waals surface area contributed by atoms with E-state index >= 15 is 0 Å². The molecule has 174 valence electrons. The minimum Gasteiger partial charge on any atom is -0.107 e. The Bertz CT molecular complexity index is 243. The smallest absolute Gasteiger partial charge is 0.107 e. The van der Waals surface area contributed by atoms with Crippen LogP contribution >= 0.6 is 40.5 Å². The van der Waals surface area contributed by atoms with Crippen LogP contribution in [0, 0.1) is 0 Å². The molecule has 0 aromatic rings. The molecular formula is C25H57IP2. The van der Waals surface area contributed by atoms with Gasteiger partial charge >= 0.3 is 177 Å². The second-order valence-electron chi connectivity index (χ2n) is 9.26. The Balaban J connectivity index is 0. The fourth-order valence-electron chi connectivity index (χ4n) is 4.52. The minimum absolute atomic E-state index is 0. The summed E-state index contributed by atoms with van der Waals surface area (Å²) in [7, 11) is 2.19. The maximum Gasteiger partial charge on any atom is -0.107 e. The second-order valence-corrected chi connectivity index (χ2v) is 15.4. The van der Waals surface area contributed by atoms with Gasteiger partial charge in [0.2, 0.25) is 0 Å². The molecule has 0 amide bonds. The maximum absolute atomic E-state index is 3.20. The van der Waals surface area contributed by atoms with Crippen LogP contribution in [-0.4, -0.2) is 24.4 Å². The van der Waals surface area contributed by atoms with Gasteiger partial charge in [0.1, 0.15) is 0 Å². The van der Waals surface area contributed by atoms with Crippen molar-refractivity contribution in [1.82, 2.24) is 0 Å². The van der Waals surface area contributed by atoms with Gasteiger partial charge in [-0.15, -0.1) is 24.0 Å². The van der Waals surface area contributed by atoms with Gasteiger partial charge < -0.3 is 0 Å². The molecule has 0 heterocycles. The molecule has 0 N–H and O–H groups in total. The monoisotopic (exact) mass is 546 g/mol. The molecule has 0 spiro atoms. The third-order valence-electron chi connectivity index (χ3n) is 6.61. The summed E-state index contributed by atoms with van der Waals surface area (Å²) in [5.74, 6) is 1.48. The van der Waals surface area contributed by atoms with Gasteiger partial charge in [-0.2, -0.15) is 0 Å². The SMILES string of the molecule is CCCCCCCC[PH](CP)(CCCCCCCC)CCCCCCCC.I. The van der Waals surface area contributed by atoms with Gasteiger partial charge in [-0.3, -0.25) is 0 Å². The first-order valence-electron chi connectivity index (χ1n) is 12.9. The van der Waals surface area contributed by atoms with Gasteiger partial charge in [0.05, 0.1) is 0 Å². The summed E-state index contributed by atoms with van der Waals surface area (Å²) >= 11 is 0. The molecule has 0 aliphatic heterocycles. The summed E-state index contributed by atoms with van der Waals surface area (Å²) < 4.78 is 0. The molecular weight excluding hydrogens is 489 g/mol. The van der Waals surface area contributed by atoms with E-state index in [1.54, 1.807) is 18.5 Å². The predicted octanol–water partition coefficient (Wildman–Crippen LogP) is 10.3. The van der Waals surface area contributed by atoms with E-state index < -0.39 is 7.26 Å². The molecule has 28 heavy (non-hydrogen) atoms. The quantitative estimate of drug-likeness (QED) is 0.0720. The van der Waals surface area contributed by atoms with Crippen molar-refractivity contribution in [2.45, 2.75) is 136 Å². The Morgan fingerprint density at radius 2 is 0.679 bits per heavy atom. The van der Waals surface area contributed by atoms with E-state index in [-0.39, 0.29) is 24.0 Å². The molecule has 0 saturated carbocycles. The van der Waals surface area contributed by atoms with Crippen LogP contribution in [0.5, 0.6) is 0 Å². The zero-order valence-electron chi connectivity index (χ0n) is 20.0. The molecule has 1 atom stereocenters. The normalized spacial score (nSPS) is 12.1. The van der Waals surface area contributed by atoms with Crippen LogP contribution in [0.4, 0.5) is 0 Å². The Morgan fingerprint density at radius 1 is 0.429 bits per heavy atom. The van der Waals surface area contributed by atoms with Crippen molar-refractivity contribution in [3.63, 3.8) is 0 Å². The number of rotatable bonds is 22. The zero-order valence-corrected chi connectivity index (χ0v) is 24.5. The van der Waals surface area contributed by atoms with Gasteiger partial charge in [-0.1, -0.05) is 0 Å². The molecule has 1 unspecified atom stereocenters. The molecule has 0 aliphatic carbocycles. The van der Waals surface area contributed by atoms with Crippen LogP contribution in [0.2, 0.25) is 0 Å². The summed E-state index contributed by atoms with van der Waals surface area (Å²) in [5.41, 5.74) is 0. The number of unbranched alkanes of at least 4 members (excludes halogenated alkanes) is 15. The van der Waals surface area contributed by atoms with Crippen molar-refractivity contribution in [2.75, 3.05) is 24.4 Å². The van der Waals surface area contributed by atoms with Crippen LogP contribution in [0.3, 0.4) is 0 Å². The van der Waals surface area contributed by atoms with Crippen molar-refractivity contribution in [1.29, 1.82) is 0 Å². The first-order valence-corrected chi connectivity index (χ1v) is 16.6. The van der Waals surface area contributed by atoms with Crippen LogP contribution in [-0.2, 0) is 0 Å². The molecule has 0 aromatic carbocycles. The molecule has 0 bridgehead atoms. The summed E-state index contributed by atoms with van der Waals surface area (Å²) in [6.45, 7) is 6.98. The van der Waals surface area contributed by atoms with E-state index in [1.807, 2.05) is 0 Å². The molecule has 0 fully saturated rings. The van der Waals surface area contributed by atoms with Crippen molar-refractivity contribution in [3.8, 4) is 0 Å². The summed E-state index contributed by atoms with van der Waals surface area (Å²) in [5, 5.41) is 0. The molecule has 0 nitrogen and oxygen atoms in total. The predicted molar refractivity (Wildman–Crippen MR) is 153 cm³/mol. The van der Waals surface area contributed by atoms with Gasteiger partial charge in [0.15, 0.2) is 0 Å². The Kier molecular flexibility index (Phi) is 28.2. The third kappa shape index (κ3) is 19.5. The van der Waals surface area contributed by atoms with Gasteiger partial charge in [0, 0.05) is 0 Å². The first-order chi connectivity index (χ1) is 13.2. The first kappa shape index (κ1) is 31.8. The van der Waals surface area contributed by atoms with Gasteiger partial charge in [-0.05, 0) is 0 Å². The van der Waals surface area contributed by atoms with E-state index in [2.05, 4.69) is 30.0 Å². The van der Waals surface area contributed by atoms with Gasteiger partial charge in [-0.25, -0.2) is 0 Å². The number of hydrogen-bond donors (Lipinski definition) is 0.